The summed E-state index contributed by atoms with van der Waals surface area (Å²) in [5.74, 6) is 0.708. The highest BCUT2D eigenvalue weighted by Crippen LogP contribution is 2.26. The first-order valence-corrected chi connectivity index (χ1v) is 6.20. The molecule has 90 valence electrons. The number of anilines is 2. The first-order chi connectivity index (χ1) is 7.60. The van der Waals surface area contributed by atoms with Crippen molar-refractivity contribution in [3.05, 3.63) is 23.8 Å². The number of nitrogens with two attached hydrogens (primary N) is 1. The van der Waals surface area contributed by atoms with Gasteiger partial charge in [0, 0.05) is 13.1 Å². The van der Waals surface area contributed by atoms with Crippen LogP contribution in [-0.2, 0) is 0 Å². The van der Waals surface area contributed by atoms with Crippen molar-refractivity contribution in [2.75, 3.05) is 23.7 Å². The first-order valence-electron chi connectivity index (χ1n) is 6.20. The van der Waals surface area contributed by atoms with Crippen LogP contribution >= 0.6 is 0 Å². The molecule has 1 rings (SSSR count). The lowest BCUT2D eigenvalue weighted by molar-refractivity contribution is 0.548. The third-order valence-electron chi connectivity index (χ3n) is 3.25. The average molecular weight is 220 g/mol. The van der Waals surface area contributed by atoms with Gasteiger partial charge < -0.3 is 10.6 Å². The molecule has 0 aliphatic heterocycles. The van der Waals surface area contributed by atoms with Crippen LogP contribution < -0.4 is 10.6 Å². The molecule has 0 aromatic heterocycles. The Morgan fingerprint density at radius 1 is 1.31 bits per heavy atom. The molecule has 0 saturated carbocycles. The minimum absolute atomic E-state index is 0.708. The zero-order chi connectivity index (χ0) is 12.1. The maximum atomic E-state index is 6.13. The molecule has 0 bridgehead atoms. The van der Waals surface area contributed by atoms with Crippen LogP contribution in [-0.4, -0.2) is 13.1 Å². The normalized spacial score (nSPS) is 12.5. The summed E-state index contributed by atoms with van der Waals surface area (Å²) in [6.45, 7) is 10.9. The Balaban J connectivity index is 2.90. The molecule has 0 aliphatic carbocycles. The molecule has 0 aliphatic rings. The van der Waals surface area contributed by atoms with Crippen LogP contribution in [0.15, 0.2) is 18.2 Å². The molecule has 2 nitrogen and oxygen atoms in total. The molecular formula is C14H24N2. The van der Waals surface area contributed by atoms with Gasteiger partial charge in [-0.1, -0.05) is 32.4 Å². The lowest BCUT2D eigenvalue weighted by atomic mass is 10.1. The van der Waals surface area contributed by atoms with E-state index in [1.54, 1.807) is 0 Å². The third kappa shape index (κ3) is 2.91. The number of nitrogens with zero attached hydrogens (tertiary/aromatic N) is 1. The Morgan fingerprint density at radius 2 is 2.00 bits per heavy atom. The van der Waals surface area contributed by atoms with E-state index in [0.29, 0.717) is 5.92 Å². The Hall–Kier alpha value is -1.18. The van der Waals surface area contributed by atoms with E-state index >= 15 is 0 Å². The molecule has 2 heteroatoms. The highest BCUT2D eigenvalue weighted by atomic mass is 15.1. The van der Waals surface area contributed by atoms with E-state index in [2.05, 4.69) is 50.8 Å². The molecule has 0 spiro atoms. The molecule has 1 aromatic rings. The molecule has 0 radical (unpaired) electrons. The summed E-state index contributed by atoms with van der Waals surface area (Å²) < 4.78 is 0. The van der Waals surface area contributed by atoms with Gasteiger partial charge in [0.15, 0.2) is 0 Å². The molecule has 0 amide bonds. The Kier molecular flexibility index (Phi) is 4.66. The van der Waals surface area contributed by atoms with Crippen molar-refractivity contribution in [1.82, 2.24) is 0 Å². The fraction of sp³-hybridized carbons (Fsp3) is 0.571. The van der Waals surface area contributed by atoms with Gasteiger partial charge >= 0.3 is 0 Å². The number of rotatable bonds is 5. The highest BCUT2D eigenvalue weighted by Gasteiger charge is 2.11. The summed E-state index contributed by atoms with van der Waals surface area (Å²) >= 11 is 0. The molecule has 0 fully saturated rings. The second kappa shape index (κ2) is 5.78. The van der Waals surface area contributed by atoms with Gasteiger partial charge in [-0.05, 0) is 31.4 Å². The standard InChI is InChI=1S/C14H24N2/c1-5-11(3)10-16(6-2)13-9-7-8-12(4)14(13)15/h7-9,11H,5-6,10,15H2,1-4H3. The van der Waals surface area contributed by atoms with Gasteiger partial charge in [-0.2, -0.15) is 0 Å². The second-order valence-electron chi connectivity index (χ2n) is 4.56. The fourth-order valence-corrected chi connectivity index (χ4v) is 1.84. The summed E-state index contributed by atoms with van der Waals surface area (Å²) in [6.07, 6.45) is 1.21. The number of hydrogen-bond acceptors (Lipinski definition) is 2. The van der Waals surface area contributed by atoms with Crippen molar-refractivity contribution in [2.24, 2.45) is 5.92 Å². The average Bonchev–Trinajstić information content (AvgIpc) is 2.29. The smallest absolute Gasteiger partial charge is 0.0602 e. The third-order valence-corrected chi connectivity index (χ3v) is 3.25. The molecule has 0 saturated heterocycles. The molecule has 0 heterocycles. The number of aryl methyl sites for hydroxylation is 1. The minimum Gasteiger partial charge on any atom is -0.397 e. The second-order valence-corrected chi connectivity index (χ2v) is 4.56. The van der Waals surface area contributed by atoms with Crippen LogP contribution in [0.5, 0.6) is 0 Å². The zero-order valence-electron chi connectivity index (χ0n) is 11.0. The minimum atomic E-state index is 0.708. The van der Waals surface area contributed by atoms with Crippen molar-refractivity contribution in [3.63, 3.8) is 0 Å². The zero-order valence-corrected chi connectivity index (χ0v) is 11.0. The fourth-order valence-electron chi connectivity index (χ4n) is 1.84. The summed E-state index contributed by atoms with van der Waals surface area (Å²) in [7, 11) is 0. The van der Waals surface area contributed by atoms with Crippen molar-refractivity contribution in [3.8, 4) is 0 Å². The molecule has 1 aromatic carbocycles. The van der Waals surface area contributed by atoms with E-state index < -0.39 is 0 Å². The van der Waals surface area contributed by atoms with Crippen LogP contribution in [0.2, 0.25) is 0 Å². The Morgan fingerprint density at radius 3 is 2.56 bits per heavy atom. The summed E-state index contributed by atoms with van der Waals surface area (Å²) in [5.41, 5.74) is 9.41. The topological polar surface area (TPSA) is 29.3 Å². The molecule has 1 atom stereocenters. The quantitative estimate of drug-likeness (QED) is 0.770. The number of benzene rings is 1. The van der Waals surface area contributed by atoms with Crippen LogP contribution in [0, 0.1) is 12.8 Å². The maximum Gasteiger partial charge on any atom is 0.0602 e. The molecule has 2 N–H and O–H groups in total. The van der Waals surface area contributed by atoms with Crippen LogP contribution in [0.3, 0.4) is 0 Å². The van der Waals surface area contributed by atoms with E-state index in [4.69, 9.17) is 5.73 Å². The van der Waals surface area contributed by atoms with E-state index in [0.717, 1.165) is 18.8 Å². The Labute approximate surface area is 99.5 Å². The summed E-state index contributed by atoms with van der Waals surface area (Å²) in [6, 6.07) is 6.27. The van der Waals surface area contributed by atoms with Crippen molar-refractivity contribution < 1.29 is 0 Å². The lowest BCUT2D eigenvalue weighted by Gasteiger charge is -2.28. The van der Waals surface area contributed by atoms with E-state index in [-0.39, 0.29) is 0 Å². The number of hydrogen-bond donors (Lipinski definition) is 1. The van der Waals surface area contributed by atoms with Gasteiger partial charge in [0.05, 0.1) is 11.4 Å². The number of para-hydroxylation sites is 1. The van der Waals surface area contributed by atoms with Gasteiger partial charge in [-0.15, -0.1) is 0 Å². The van der Waals surface area contributed by atoms with Gasteiger partial charge in [0.25, 0.3) is 0 Å². The van der Waals surface area contributed by atoms with E-state index in [1.165, 1.54) is 17.7 Å². The van der Waals surface area contributed by atoms with Gasteiger partial charge in [0.2, 0.25) is 0 Å². The summed E-state index contributed by atoms with van der Waals surface area (Å²) in [5, 5.41) is 0. The largest absolute Gasteiger partial charge is 0.397 e. The number of nitrogen functional groups attached to an aromatic ring is 1. The first kappa shape index (κ1) is 12.9. The van der Waals surface area contributed by atoms with Gasteiger partial charge in [0.1, 0.15) is 0 Å². The summed E-state index contributed by atoms with van der Waals surface area (Å²) in [4.78, 5) is 2.37. The maximum absolute atomic E-state index is 6.13. The van der Waals surface area contributed by atoms with Crippen molar-refractivity contribution in [2.45, 2.75) is 34.1 Å². The van der Waals surface area contributed by atoms with Crippen LogP contribution in [0.25, 0.3) is 0 Å². The molecule has 1 unspecified atom stereocenters. The van der Waals surface area contributed by atoms with Crippen LogP contribution in [0.4, 0.5) is 11.4 Å². The molecule has 16 heavy (non-hydrogen) atoms. The van der Waals surface area contributed by atoms with Crippen LogP contribution in [0.1, 0.15) is 32.8 Å². The van der Waals surface area contributed by atoms with Crippen molar-refractivity contribution in [1.29, 1.82) is 0 Å². The predicted molar refractivity (Wildman–Crippen MR) is 72.9 cm³/mol. The van der Waals surface area contributed by atoms with Gasteiger partial charge in [-0.25, -0.2) is 0 Å². The molecular weight excluding hydrogens is 196 g/mol. The lowest BCUT2D eigenvalue weighted by Crippen LogP contribution is -2.28. The Bertz CT molecular complexity index is 334. The van der Waals surface area contributed by atoms with E-state index in [9.17, 15) is 0 Å². The SMILES string of the molecule is CCC(C)CN(CC)c1cccc(C)c1N. The highest BCUT2D eigenvalue weighted by molar-refractivity contribution is 5.70. The predicted octanol–water partition coefficient (Wildman–Crippen LogP) is 3.45. The monoisotopic (exact) mass is 220 g/mol. The van der Waals surface area contributed by atoms with Gasteiger partial charge in [-0.3, -0.25) is 0 Å². The van der Waals surface area contributed by atoms with E-state index in [1.807, 2.05) is 0 Å². The van der Waals surface area contributed by atoms with Crippen molar-refractivity contribution >= 4 is 11.4 Å².